The van der Waals surface area contributed by atoms with E-state index in [4.69, 9.17) is 4.74 Å². The van der Waals surface area contributed by atoms with Crippen molar-refractivity contribution in [1.29, 1.82) is 0 Å². The first kappa shape index (κ1) is 16.9. The van der Waals surface area contributed by atoms with E-state index in [1.807, 2.05) is 6.92 Å². The number of rotatable bonds is 9. The van der Waals surface area contributed by atoms with Gasteiger partial charge in [-0.2, -0.15) is 0 Å². The van der Waals surface area contributed by atoms with Crippen LogP contribution in [0.1, 0.15) is 27.2 Å². The molecule has 0 heterocycles. The summed E-state index contributed by atoms with van der Waals surface area (Å²) in [5.74, 6) is 0.674. The molecule has 0 radical (unpaired) electrons. The van der Waals surface area contributed by atoms with Crippen LogP contribution in [0.15, 0.2) is 29.2 Å². The van der Waals surface area contributed by atoms with Gasteiger partial charge >= 0.3 is 0 Å². The summed E-state index contributed by atoms with van der Waals surface area (Å²) in [5.41, 5.74) is 0. The molecule has 0 aliphatic heterocycles. The van der Waals surface area contributed by atoms with E-state index in [1.165, 1.54) is 0 Å². The van der Waals surface area contributed by atoms with E-state index in [1.54, 1.807) is 24.3 Å². The second kappa shape index (κ2) is 8.24. The van der Waals surface area contributed by atoms with Gasteiger partial charge in [-0.15, -0.1) is 0 Å². The summed E-state index contributed by atoms with van der Waals surface area (Å²) in [7, 11) is -3.43. The van der Waals surface area contributed by atoms with Crippen molar-refractivity contribution in [2.75, 3.05) is 19.7 Å². The molecule has 0 aromatic heterocycles. The molecule has 0 saturated carbocycles. The van der Waals surface area contributed by atoms with Crippen molar-refractivity contribution in [1.82, 2.24) is 10.0 Å². The molecule has 0 saturated heterocycles. The molecule has 0 bridgehead atoms. The second-order valence-electron chi connectivity index (χ2n) is 4.76. The molecule has 0 spiro atoms. The maximum Gasteiger partial charge on any atom is 0.240 e. The van der Waals surface area contributed by atoms with Gasteiger partial charge in [0.2, 0.25) is 10.0 Å². The molecule has 0 unspecified atom stereocenters. The van der Waals surface area contributed by atoms with E-state index < -0.39 is 10.0 Å². The zero-order valence-corrected chi connectivity index (χ0v) is 13.2. The van der Waals surface area contributed by atoms with Crippen LogP contribution in [0.25, 0.3) is 0 Å². The Labute approximate surface area is 121 Å². The van der Waals surface area contributed by atoms with Gasteiger partial charge in [0.15, 0.2) is 0 Å². The summed E-state index contributed by atoms with van der Waals surface area (Å²) in [6.07, 6.45) is 0.758. The quantitative estimate of drug-likeness (QED) is 0.682. The number of benzene rings is 1. The summed E-state index contributed by atoms with van der Waals surface area (Å²) in [5, 5.41) is 3.24. The molecule has 2 N–H and O–H groups in total. The van der Waals surface area contributed by atoms with Crippen molar-refractivity contribution in [3.63, 3.8) is 0 Å². The first-order valence-corrected chi connectivity index (χ1v) is 8.40. The van der Waals surface area contributed by atoms with Gasteiger partial charge in [-0.3, -0.25) is 0 Å². The summed E-state index contributed by atoms with van der Waals surface area (Å²) in [4.78, 5) is 0.262. The van der Waals surface area contributed by atoms with Crippen molar-refractivity contribution in [3.05, 3.63) is 24.3 Å². The van der Waals surface area contributed by atoms with E-state index in [2.05, 4.69) is 23.9 Å². The van der Waals surface area contributed by atoms with Crippen LogP contribution in [0.4, 0.5) is 0 Å². The number of nitrogens with one attached hydrogen (secondary N) is 2. The molecule has 114 valence electrons. The summed E-state index contributed by atoms with van der Waals surface area (Å²) >= 11 is 0. The molecular weight excluding hydrogens is 276 g/mol. The normalized spacial score (nSPS) is 11.8. The highest BCUT2D eigenvalue weighted by Gasteiger charge is 2.12. The molecule has 6 heteroatoms. The Balaban J connectivity index is 2.47. The van der Waals surface area contributed by atoms with E-state index in [0.717, 1.165) is 13.0 Å². The minimum absolute atomic E-state index is 0.262. The zero-order valence-electron chi connectivity index (χ0n) is 12.3. The van der Waals surface area contributed by atoms with Crippen molar-refractivity contribution in [2.45, 2.75) is 38.1 Å². The molecule has 5 nitrogen and oxygen atoms in total. The van der Waals surface area contributed by atoms with E-state index in [0.29, 0.717) is 24.9 Å². The highest BCUT2D eigenvalue weighted by molar-refractivity contribution is 7.89. The maximum absolute atomic E-state index is 12.0. The van der Waals surface area contributed by atoms with Gasteiger partial charge in [-0.25, -0.2) is 13.1 Å². The molecule has 0 atom stereocenters. The van der Waals surface area contributed by atoms with Crippen LogP contribution in [0, 0.1) is 0 Å². The molecule has 20 heavy (non-hydrogen) atoms. The lowest BCUT2D eigenvalue weighted by molar-refractivity contribution is 0.340. The second-order valence-corrected chi connectivity index (χ2v) is 6.53. The van der Waals surface area contributed by atoms with Gasteiger partial charge in [0.05, 0.1) is 11.5 Å². The predicted octanol–water partition coefficient (Wildman–Crippen LogP) is 1.75. The van der Waals surface area contributed by atoms with Gasteiger partial charge < -0.3 is 10.1 Å². The lowest BCUT2D eigenvalue weighted by Gasteiger charge is -2.10. The lowest BCUT2D eigenvalue weighted by Crippen LogP contribution is -2.29. The van der Waals surface area contributed by atoms with Gasteiger partial charge in [0, 0.05) is 12.6 Å². The Kier molecular flexibility index (Phi) is 6.98. The van der Waals surface area contributed by atoms with Crippen LogP contribution < -0.4 is 14.8 Å². The first-order chi connectivity index (χ1) is 9.45. The minimum Gasteiger partial charge on any atom is -0.494 e. The van der Waals surface area contributed by atoms with Crippen LogP contribution in [0.5, 0.6) is 5.75 Å². The van der Waals surface area contributed by atoms with Crippen molar-refractivity contribution < 1.29 is 13.2 Å². The van der Waals surface area contributed by atoms with Crippen LogP contribution >= 0.6 is 0 Å². The Morgan fingerprint density at radius 2 is 1.80 bits per heavy atom. The number of sulfonamides is 1. The molecule has 0 aliphatic rings. The maximum atomic E-state index is 12.0. The van der Waals surface area contributed by atoms with E-state index in [9.17, 15) is 8.42 Å². The van der Waals surface area contributed by atoms with Gasteiger partial charge in [0.25, 0.3) is 0 Å². The van der Waals surface area contributed by atoms with E-state index in [-0.39, 0.29) is 4.90 Å². The summed E-state index contributed by atoms with van der Waals surface area (Å²) < 4.78 is 31.9. The van der Waals surface area contributed by atoms with Crippen LogP contribution in [0.2, 0.25) is 0 Å². The molecule has 0 amide bonds. The third-order valence-electron chi connectivity index (χ3n) is 2.64. The fraction of sp³-hybridized carbons (Fsp3) is 0.571. The predicted molar refractivity (Wildman–Crippen MR) is 80.6 cm³/mol. The Bertz CT molecular complexity index is 484. The highest BCUT2D eigenvalue weighted by Crippen LogP contribution is 2.15. The average molecular weight is 300 g/mol. The zero-order chi connectivity index (χ0) is 15.0. The molecule has 1 aromatic rings. The van der Waals surface area contributed by atoms with Crippen LogP contribution in [-0.4, -0.2) is 34.2 Å². The van der Waals surface area contributed by atoms with Gasteiger partial charge in [0.1, 0.15) is 5.75 Å². The van der Waals surface area contributed by atoms with Crippen molar-refractivity contribution in [3.8, 4) is 5.75 Å². The largest absolute Gasteiger partial charge is 0.494 e. The topological polar surface area (TPSA) is 67.4 Å². The monoisotopic (exact) mass is 300 g/mol. The van der Waals surface area contributed by atoms with Crippen LogP contribution in [0.3, 0.4) is 0 Å². The smallest absolute Gasteiger partial charge is 0.240 e. The Hall–Kier alpha value is -1.11. The molecular formula is C14H24N2O3S. The molecule has 1 aromatic carbocycles. The molecule has 1 rings (SSSR count). The molecule has 0 aliphatic carbocycles. The Morgan fingerprint density at radius 3 is 2.35 bits per heavy atom. The number of hydrogen-bond donors (Lipinski definition) is 2. The number of hydrogen-bond acceptors (Lipinski definition) is 4. The minimum atomic E-state index is -3.43. The molecule has 0 fully saturated rings. The number of ether oxygens (including phenoxy) is 1. The van der Waals surface area contributed by atoms with Crippen LogP contribution in [-0.2, 0) is 10.0 Å². The van der Waals surface area contributed by atoms with Gasteiger partial charge in [-0.05, 0) is 44.2 Å². The highest BCUT2D eigenvalue weighted by atomic mass is 32.2. The standard InChI is InChI=1S/C14H24N2O3S/c1-4-19-13-6-8-14(9-7-13)20(17,18)16-11-5-10-15-12(2)3/h6-9,12,15-16H,4-5,10-11H2,1-3H3. The fourth-order valence-corrected chi connectivity index (χ4v) is 2.72. The fourth-order valence-electron chi connectivity index (χ4n) is 1.65. The lowest BCUT2D eigenvalue weighted by atomic mass is 10.3. The van der Waals surface area contributed by atoms with Gasteiger partial charge in [-0.1, -0.05) is 13.8 Å². The summed E-state index contributed by atoms with van der Waals surface area (Å²) in [6.45, 7) is 7.79. The Morgan fingerprint density at radius 1 is 1.15 bits per heavy atom. The third-order valence-corrected chi connectivity index (χ3v) is 4.12. The van der Waals surface area contributed by atoms with Crippen molar-refractivity contribution in [2.24, 2.45) is 0 Å². The SMILES string of the molecule is CCOc1ccc(S(=O)(=O)NCCCNC(C)C)cc1. The summed E-state index contributed by atoms with van der Waals surface area (Å²) in [6, 6.07) is 6.86. The third kappa shape index (κ3) is 5.90. The van der Waals surface area contributed by atoms with Crippen molar-refractivity contribution >= 4 is 10.0 Å². The van der Waals surface area contributed by atoms with E-state index >= 15 is 0 Å². The average Bonchev–Trinajstić information content (AvgIpc) is 2.39. The first-order valence-electron chi connectivity index (χ1n) is 6.91.